The van der Waals surface area contributed by atoms with Crippen LogP contribution in [0.15, 0.2) is 59.5 Å². The molecule has 0 aliphatic carbocycles. The maximum atomic E-state index is 13.3. The summed E-state index contributed by atoms with van der Waals surface area (Å²) in [5.41, 5.74) is 2.36. The SMILES string of the molecule is Cn1c(=O)c2c(c3ccccc31)OC(=O)CC2c1cn[nH]c1-c1cccc([N+](=O)[O-])c1. The van der Waals surface area contributed by atoms with Crippen LogP contribution in [0.1, 0.15) is 23.5 Å². The number of carbonyl (C=O) groups excluding carboxylic acids is 1. The van der Waals surface area contributed by atoms with E-state index in [9.17, 15) is 19.7 Å². The topological polar surface area (TPSA) is 120 Å². The number of para-hydroxylation sites is 1. The Kier molecular flexibility index (Phi) is 4.18. The van der Waals surface area contributed by atoms with Crippen molar-refractivity contribution in [2.45, 2.75) is 12.3 Å². The number of benzene rings is 2. The van der Waals surface area contributed by atoms with Crippen LogP contribution in [0.5, 0.6) is 5.75 Å². The largest absolute Gasteiger partial charge is 0.425 e. The maximum absolute atomic E-state index is 13.3. The Morgan fingerprint density at radius 2 is 2.00 bits per heavy atom. The standard InChI is InChI=1S/C22H16N4O5/c1-25-17-8-3-2-7-14(17)21-19(22(25)28)15(10-18(27)31-21)16-11-23-24-20(16)12-5-4-6-13(9-12)26(29)30/h2-9,11,15H,10H2,1H3,(H,23,24). The number of hydrogen-bond acceptors (Lipinski definition) is 6. The van der Waals surface area contributed by atoms with Crippen LogP contribution in [-0.2, 0) is 11.8 Å². The van der Waals surface area contributed by atoms with Gasteiger partial charge in [0.25, 0.3) is 11.2 Å². The van der Waals surface area contributed by atoms with Crippen LogP contribution in [0.2, 0.25) is 0 Å². The summed E-state index contributed by atoms with van der Waals surface area (Å²) in [5.74, 6) is -0.805. The minimum Gasteiger partial charge on any atom is -0.425 e. The summed E-state index contributed by atoms with van der Waals surface area (Å²) in [6.45, 7) is 0. The van der Waals surface area contributed by atoms with Crippen molar-refractivity contribution in [2.75, 3.05) is 0 Å². The van der Waals surface area contributed by atoms with E-state index in [4.69, 9.17) is 4.74 Å². The van der Waals surface area contributed by atoms with Crippen LogP contribution in [0.25, 0.3) is 22.2 Å². The molecule has 9 heteroatoms. The van der Waals surface area contributed by atoms with Gasteiger partial charge in [-0.2, -0.15) is 5.10 Å². The van der Waals surface area contributed by atoms with Gasteiger partial charge in [-0.15, -0.1) is 0 Å². The summed E-state index contributed by atoms with van der Waals surface area (Å²) in [7, 11) is 1.68. The van der Waals surface area contributed by atoms with E-state index in [0.29, 0.717) is 33.3 Å². The van der Waals surface area contributed by atoms with E-state index in [1.54, 1.807) is 37.5 Å². The van der Waals surface area contributed by atoms with E-state index in [-0.39, 0.29) is 23.4 Å². The molecule has 1 N–H and O–H groups in total. The van der Waals surface area contributed by atoms with Gasteiger partial charge >= 0.3 is 5.97 Å². The molecule has 3 heterocycles. The fourth-order valence-corrected chi connectivity index (χ4v) is 4.16. The lowest BCUT2D eigenvalue weighted by molar-refractivity contribution is -0.384. The smallest absolute Gasteiger partial charge is 0.312 e. The van der Waals surface area contributed by atoms with Gasteiger partial charge in [0.15, 0.2) is 0 Å². The van der Waals surface area contributed by atoms with Crippen LogP contribution in [0.3, 0.4) is 0 Å². The number of H-pyrrole nitrogens is 1. The molecule has 0 saturated carbocycles. The van der Waals surface area contributed by atoms with Gasteiger partial charge in [-0.25, -0.2) is 0 Å². The summed E-state index contributed by atoms with van der Waals surface area (Å²) in [4.78, 5) is 36.5. The van der Waals surface area contributed by atoms with Crippen molar-refractivity contribution >= 4 is 22.6 Å². The Labute approximate surface area is 175 Å². The molecule has 2 aromatic carbocycles. The van der Waals surface area contributed by atoms with Crippen LogP contribution >= 0.6 is 0 Å². The van der Waals surface area contributed by atoms with Crippen LogP contribution < -0.4 is 10.3 Å². The predicted octanol–water partition coefficient (Wildman–Crippen LogP) is 3.28. The number of nitrogens with zero attached hydrogens (tertiary/aromatic N) is 3. The molecular weight excluding hydrogens is 400 g/mol. The summed E-state index contributed by atoms with van der Waals surface area (Å²) < 4.78 is 7.07. The van der Waals surface area contributed by atoms with Crippen molar-refractivity contribution in [1.29, 1.82) is 0 Å². The second-order valence-corrected chi connectivity index (χ2v) is 7.36. The summed E-state index contributed by atoms with van der Waals surface area (Å²) in [6, 6.07) is 13.3. The molecule has 0 fully saturated rings. The number of ether oxygens (including phenoxy) is 1. The molecular formula is C22H16N4O5. The third-order valence-electron chi connectivity index (χ3n) is 5.61. The van der Waals surface area contributed by atoms with Crippen molar-refractivity contribution in [3.8, 4) is 17.0 Å². The highest BCUT2D eigenvalue weighted by atomic mass is 16.6. The molecule has 31 heavy (non-hydrogen) atoms. The second-order valence-electron chi connectivity index (χ2n) is 7.36. The zero-order valence-corrected chi connectivity index (χ0v) is 16.4. The number of nitro groups is 1. The van der Waals surface area contributed by atoms with Gasteiger partial charge < -0.3 is 9.30 Å². The molecule has 2 aromatic heterocycles. The molecule has 0 radical (unpaired) electrons. The van der Waals surface area contributed by atoms with Crippen LogP contribution in [0, 0.1) is 10.1 Å². The van der Waals surface area contributed by atoms with Gasteiger partial charge in [-0.3, -0.25) is 24.8 Å². The quantitative estimate of drug-likeness (QED) is 0.311. The highest BCUT2D eigenvalue weighted by molar-refractivity contribution is 5.92. The Bertz CT molecular complexity index is 1440. The first-order chi connectivity index (χ1) is 15.0. The summed E-state index contributed by atoms with van der Waals surface area (Å²) in [6.07, 6.45) is 1.51. The average molecular weight is 416 g/mol. The first kappa shape index (κ1) is 18.7. The third kappa shape index (κ3) is 2.90. The first-order valence-corrected chi connectivity index (χ1v) is 9.56. The first-order valence-electron chi connectivity index (χ1n) is 9.56. The highest BCUT2D eigenvalue weighted by Crippen LogP contribution is 2.43. The third-order valence-corrected chi connectivity index (χ3v) is 5.61. The number of nitro benzene ring substituents is 1. The molecule has 1 atom stereocenters. The lowest BCUT2D eigenvalue weighted by Crippen LogP contribution is -2.31. The number of aromatic nitrogens is 3. The van der Waals surface area contributed by atoms with Gasteiger partial charge in [-0.1, -0.05) is 24.3 Å². The Morgan fingerprint density at radius 3 is 2.81 bits per heavy atom. The van der Waals surface area contributed by atoms with Gasteiger partial charge in [0.2, 0.25) is 0 Å². The van der Waals surface area contributed by atoms with Crippen molar-refractivity contribution < 1.29 is 14.5 Å². The fraction of sp³-hybridized carbons (Fsp3) is 0.136. The Balaban J connectivity index is 1.75. The maximum Gasteiger partial charge on any atom is 0.312 e. The zero-order chi connectivity index (χ0) is 21.7. The molecule has 9 nitrogen and oxygen atoms in total. The summed E-state index contributed by atoms with van der Waals surface area (Å²) >= 11 is 0. The monoisotopic (exact) mass is 416 g/mol. The van der Waals surface area contributed by atoms with E-state index in [1.165, 1.54) is 16.7 Å². The minimum atomic E-state index is -0.604. The molecule has 0 saturated heterocycles. The number of hydrogen-bond donors (Lipinski definition) is 1. The molecule has 4 aromatic rings. The van der Waals surface area contributed by atoms with E-state index < -0.39 is 16.8 Å². The summed E-state index contributed by atoms with van der Waals surface area (Å²) in [5, 5.41) is 18.8. The number of esters is 1. The number of rotatable bonds is 3. The minimum absolute atomic E-state index is 0.0396. The normalized spacial score (nSPS) is 15.5. The van der Waals surface area contributed by atoms with E-state index in [1.807, 2.05) is 12.1 Å². The number of nitrogens with one attached hydrogen (secondary N) is 1. The van der Waals surface area contributed by atoms with Gasteiger partial charge in [-0.05, 0) is 12.1 Å². The number of pyridine rings is 1. The number of non-ortho nitro benzene ring substituents is 1. The molecule has 1 aliphatic heterocycles. The fourth-order valence-electron chi connectivity index (χ4n) is 4.16. The molecule has 0 bridgehead atoms. The molecule has 1 aliphatic rings. The lowest BCUT2D eigenvalue weighted by atomic mass is 9.85. The molecule has 0 amide bonds. The highest BCUT2D eigenvalue weighted by Gasteiger charge is 2.35. The molecule has 0 spiro atoms. The van der Waals surface area contributed by atoms with Crippen molar-refractivity contribution in [1.82, 2.24) is 14.8 Å². The predicted molar refractivity (Wildman–Crippen MR) is 112 cm³/mol. The molecule has 5 rings (SSSR count). The van der Waals surface area contributed by atoms with Gasteiger partial charge in [0, 0.05) is 41.6 Å². The number of fused-ring (bicyclic) bond motifs is 3. The van der Waals surface area contributed by atoms with Crippen molar-refractivity contribution in [2.24, 2.45) is 7.05 Å². The van der Waals surface area contributed by atoms with Gasteiger partial charge in [0.1, 0.15) is 5.75 Å². The van der Waals surface area contributed by atoms with E-state index in [2.05, 4.69) is 10.2 Å². The van der Waals surface area contributed by atoms with Crippen LogP contribution in [-0.4, -0.2) is 25.7 Å². The number of aromatic amines is 1. The zero-order valence-electron chi connectivity index (χ0n) is 16.4. The van der Waals surface area contributed by atoms with E-state index >= 15 is 0 Å². The average Bonchev–Trinajstić information content (AvgIpc) is 3.27. The number of carbonyl (C=O) groups is 1. The van der Waals surface area contributed by atoms with Crippen molar-refractivity contribution in [3.05, 3.63) is 86.3 Å². The second kappa shape index (κ2) is 6.91. The van der Waals surface area contributed by atoms with E-state index in [0.717, 1.165) is 0 Å². The Morgan fingerprint density at radius 1 is 1.19 bits per heavy atom. The molecule has 154 valence electrons. The van der Waals surface area contributed by atoms with Crippen molar-refractivity contribution in [3.63, 3.8) is 0 Å². The van der Waals surface area contributed by atoms with Gasteiger partial charge in [0.05, 0.1) is 34.3 Å². The lowest BCUT2D eigenvalue weighted by Gasteiger charge is -2.26. The Hall–Kier alpha value is -4.27. The number of aryl methyl sites for hydroxylation is 1. The molecule has 1 unspecified atom stereocenters. The van der Waals surface area contributed by atoms with Crippen LogP contribution in [0.4, 0.5) is 5.69 Å².